The van der Waals surface area contributed by atoms with E-state index in [4.69, 9.17) is 4.74 Å². The number of alkyl carbamates (subject to hydrolysis) is 1. The van der Waals surface area contributed by atoms with Gasteiger partial charge in [0, 0.05) is 18.3 Å². The SMILES string of the molecule is CC(C)(C)OC(=O)NCC(=O)N1CCC[C@H]1CS. The molecule has 18 heavy (non-hydrogen) atoms. The van der Waals surface area contributed by atoms with Gasteiger partial charge in [-0.3, -0.25) is 4.79 Å². The van der Waals surface area contributed by atoms with Gasteiger partial charge in [-0.05, 0) is 33.6 Å². The monoisotopic (exact) mass is 274 g/mol. The molecule has 1 fully saturated rings. The lowest BCUT2D eigenvalue weighted by Crippen LogP contribution is -2.44. The largest absolute Gasteiger partial charge is 0.444 e. The first kappa shape index (κ1) is 15.1. The smallest absolute Gasteiger partial charge is 0.408 e. The third-order valence-corrected chi connectivity index (χ3v) is 3.11. The predicted octanol–water partition coefficient (Wildman–Crippen LogP) is 1.43. The first-order valence-electron chi connectivity index (χ1n) is 6.20. The summed E-state index contributed by atoms with van der Waals surface area (Å²) in [6.45, 7) is 6.09. The number of hydrogen-bond acceptors (Lipinski definition) is 4. The van der Waals surface area contributed by atoms with E-state index in [1.54, 1.807) is 25.7 Å². The summed E-state index contributed by atoms with van der Waals surface area (Å²) in [5.74, 6) is 0.593. The van der Waals surface area contributed by atoms with Gasteiger partial charge in [0.1, 0.15) is 12.1 Å². The van der Waals surface area contributed by atoms with E-state index in [9.17, 15) is 9.59 Å². The van der Waals surface area contributed by atoms with Gasteiger partial charge < -0.3 is 15.0 Å². The van der Waals surface area contributed by atoms with Gasteiger partial charge in [0.05, 0.1) is 0 Å². The van der Waals surface area contributed by atoms with E-state index in [0.29, 0.717) is 5.75 Å². The zero-order valence-corrected chi connectivity index (χ0v) is 12.1. The number of nitrogens with one attached hydrogen (secondary N) is 1. The molecule has 1 atom stereocenters. The van der Waals surface area contributed by atoms with Crippen molar-refractivity contribution in [3.63, 3.8) is 0 Å². The average molecular weight is 274 g/mol. The lowest BCUT2D eigenvalue weighted by molar-refractivity contribution is -0.130. The Labute approximate surface area is 114 Å². The number of ether oxygens (including phenoxy) is 1. The molecule has 0 spiro atoms. The van der Waals surface area contributed by atoms with Crippen molar-refractivity contribution in [1.29, 1.82) is 0 Å². The number of carbonyl (C=O) groups is 2. The van der Waals surface area contributed by atoms with E-state index in [-0.39, 0.29) is 18.5 Å². The third-order valence-electron chi connectivity index (χ3n) is 2.69. The molecule has 6 heteroatoms. The Bertz CT molecular complexity index is 315. The molecule has 5 nitrogen and oxygen atoms in total. The minimum atomic E-state index is -0.558. The van der Waals surface area contributed by atoms with Crippen LogP contribution >= 0.6 is 12.6 Å². The molecule has 0 aromatic rings. The van der Waals surface area contributed by atoms with Crippen LogP contribution in [0.15, 0.2) is 0 Å². The summed E-state index contributed by atoms with van der Waals surface area (Å²) < 4.78 is 5.07. The maximum atomic E-state index is 11.9. The van der Waals surface area contributed by atoms with E-state index in [1.165, 1.54) is 0 Å². The zero-order chi connectivity index (χ0) is 13.8. The van der Waals surface area contributed by atoms with Crippen molar-refractivity contribution in [3.8, 4) is 0 Å². The quantitative estimate of drug-likeness (QED) is 0.766. The Morgan fingerprint density at radius 3 is 2.67 bits per heavy atom. The topological polar surface area (TPSA) is 58.6 Å². The van der Waals surface area contributed by atoms with Gasteiger partial charge in [-0.15, -0.1) is 0 Å². The van der Waals surface area contributed by atoms with Crippen molar-refractivity contribution < 1.29 is 14.3 Å². The number of likely N-dealkylation sites (tertiary alicyclic amines) is 1. The van der Waals surface area contributed by atoms with E-state index >= 15 is 0 Å². The highest BCUT2D eigenvalue weighted by atomic mass is 32.1. The van der Waals surface area contributed by atoms with Crippen molar-refractivity contribution in [2.24, 2.45) is 0 Å². The molecule has 1 rings (SSSR count). The van der Waals surface area contributed by atoms with E-state index in [0.717, 1.165) is 19.4 Å². The van der Waals surface area contributed by atoms with Crippen LogP contribution in [-0.4, -0.2) is 47.4 Å². The lowest BCUT2D eigenvalue weighted by Gasteiger charge is -2.24. The Balaban J connectivity index is 2.35. The molecular formula is C12H22N2O3S. The fourth-order valence-electron chi connectivity index (χ4n) is 1.92. The molecule has 0 saturated carbocycles. The minimum Gasteiger partial charge on any atom is -0.444 e. The summed E-state index contributed by atoms with van der Waals surface area (Å²) >= 11 is 4.23. The molecule has 0 radical (unpaired) electrons. The van der Waals surface area contributed by atoms with Gasteiger partial charge in [-0.1, -0.05) is 0 Å². The molecule has 0 aromatic heterocycles. The summed E-state index contributed by atoms with van der Waals surface area (Å²) in [4.78, 5) is 25.1. The van der Waals surface area contributed by atoms with Gasteiger partial charge in [-0.25, -0.2) is 4.79 Å². The Hall–Kier alpha value is -0.910. The molecule has 1 N–H and O–H groups in total. The first-order chi connectivity index (χ1) is 8.33. The normalized spacial score (nSPS) is 19.8. The van der Waals surface area contributed by atoms with E-state index in [1.807, 2.05) is 0 Å². The molecular weight excluding hydrogens is 252 g/mol. The van der Waals surface area contributed by atoms with Gasteiger partial charge in [0.25, 0.3) is 0 Å². The van der Waals surface area contributed by atoms with Gasteiger partial charge in [0.15, 0.2) is 0 Å². The highest BCUT2D eigenvalue weighted by Gasteiger charge is 2.27. The van der Waals surface area contributed by atoms with Crippen molar-refractivity contribution in [3.05, 3.63) is 0 Å². The molecule has 0 aliphatic carbocycles. The average Bonchev–Trinajstić information content (AvgIpc) is 2.71. The molecule has 0 bridgehead atoms. The second-order valence-electron chi connectivity index (χ2n) is 5.42. The molecule has 1 aliphatic heterocycles. The highest BCUT2D eigenvalue weighted by Crippen LogP contribution is 2.17. The number of hydrogen-bond donors (Lipinski definition) is 2. The number of amides is 2. The van der Waals surface area contributed by atoms with Crippen LogP contribution in [0, 0.1) is 0 Å². The molecule has 0 aromatic carbocycles. The number of carbonyl (C=O) groups excluding carboxylic acids is 2. The Morgan fingerprint density at radius 2 is 2.11 bits per heavy atom. The summed E-state index contributed by atoms with van der Waals surface area (Å²) in [6.07, 6.45) is 1.43. The Kier molecular flexibility index (Phi) is 5.31. The van der Waals surface area contributed by atoms with Crippen LogP contribution in [0.4, 0.5) is 4.79 Å². The van der Waals surface area contributed by atoms with Crippen LogP contribution < -0.4 is 5.32 Å². The summed E-state index contributed by atoms with van der Waals surface area (Å²) in [6, 6.07) is 0.196. The van der Waals surface area contributed by atoms with Crippen molar-refractivity contribution in [2.45, 2.75) is 45.3 Å². The summed E-state index contributed by atoms with van der Waals surface area (Å²) in [5.41, 5.74) is -0.547. The number of thiol groups is 1. The van der Waals surface area contributed by atoms with Crippen LogP contribution in [0.25, 0.3) is 0 Å². The summed E-state index contributed by atoms with van der Waals surface area (Å²) in [7, 11) is 0. The zero-order valence-electron chi connectivity index (χ0n) is 11.2. The van der Waals surface area contributed by atoms with Crippen LogP contribution in [0.1, 0.15) is 33.6 Å². The van der Waals surface area contributed by atoms with Gasteiger partial charge >= 0.3 is 6.09 Å². The van der Waals surface area contributed by atoms with Gasteiger partial charge in [-0.2, -0.15) is 12.6 Å². The molecule has 2 amide bonds. The summed E-state index contributed by atoms with van der Waals surface area (Å²) in [5, 5.41) is 2.48. The second-order valence-corrected chi connectivity index (χ2v) is 5.79. The number of nitrogens with zero attached hydrogens (tertiary/aromatic N) is 1. The van der Waals surface area contributed by atoms with Crippen LogP contribution in [-0.2, 0) is 9.53 Å². The lowest BCUT2D eigenvalue weighted by atomic mass is 10.2. The second kappa shape index (κ2) is 6.31. The minimum absolute atomic E-state index is 0.0147. The fourth-order valence-corrected chi connectivity index (χ4v) is 2.30. The molecule has 104 valence electrons. The van der Waals surface area contributed by atoms with Crippen LogP contribution in [0.2, 0.25) is 0 Å². The van der Waals surface area contributed by atoms with Crippen molar-refractivity contribution >= 4 is 24.6 Å². The third kappa shape index (κ3) is 4.76. The predicted molar refractivity (Wildman–Crippen MR) is 72.8 cm³/mol. The van der Waals surface area contributed by atoms with Crippen LogP contribution in [0.3, 0.4) is 0 Å². The van der Waals surface area contributed by atoms with Crippen LogP contribution in [0.5, 0.6) is 0 Å². The highest BCUT2D eigenvalue weighted by molar-refractivity contribution is 7.80. The molecule has 1 aliphatic rings. The van der Waals surface area contributed by atoms with Crippen molar-refractivity contribution in [1.82, 2.24) is 10.2 Å². The molecule has 1 heterocycles. The fraction of sp³-hybridized carbons (Fsp3) is 0.833. The molecule has 1 saturated heterocycles. The van der Waals surface area contributed by atoms with E-state index < -0.39 is 11.7 Å². The standard InChI is InChI=1S/C12H22N2O3S/c1-12(2,3)17-11(16)13-7-10(15)14-6-4-5-9(14)8-18/h9,18H,4-8H2,1-3H3,(H,13,16)/t9-/m0/s1. The van der Waals surface area contributed by atoms with E-state index in [2.05, 4.69) is 17.9 Å². The Morgan fingerprint density at radius 1 is 1.44 bits per heavy atom. The maximum Gasteiger partial charge on any atom is 0.408 e. The van der Waals surface area contributed by atoms with Crippen molar-refractivity contribution in [2.75, 3.05) is 18.8 Å². The van der Waals surface area contributed by atoms with Gasteiger partial charge in [0.2, 0.25) is 5.91 Å². The molecule has 0 unspecified atom stereocenters. The maximum absolute atomic E-state index is 11.9. The number of rotatable bonds is 3. The first-order valence-corrected chi connectivity index (χ1v) is 6.84.